The van der Waals surface area contributed by atoms with Crippen LogP contribution in [-0.4, -0.2) is 21.9 Å². The Morgan fingerprint density at radius 1 is 1.37 bits per heavy atom. The standard InChI is InChI=1S/C15H17N3S/c1-2-4-12-10-17-15(19-12)18-14-6-3-5-11-9-16-8-7-13(11)14/h3,5-9,12H,2,4,10H2,1H3,(H,17,18). The predicted molar refractivity (Wildman–Crippen MR) is 84.0 cm³/mol. The molecule has 1 aromatic carbocycles. The molecule has 0 spiro atoms. The lowest BCUT2D eigenvalue weighted by Gasteiger charge is -2.10. The van der Waals surface area contributed by atoms with Gasteiger partial charge in [-0.25, -0.2) is 0 Å². The molecule has 3 nitrogen and oxygen atoms in total. The first kappa shape index (κ1) is 12.5. The first-order valence-corrected chi connectivity index (χ1v) is 7.55. The zero-order chi connectivity index (χ0) is 13.1. The number of nitrogens with zero attached hydrogens (tertiary/aromatic N) is 2. The molecule has 1 N–H and O–H groups in total. The minimum Gasteiger partial charge on any atom is -0.334 e. The van der Waals surface area contributed by atoms with Gasteiger partial charge in [0.1, 0.15) is 0 Å². The summed E-state index contributed by atoms with van der Waals surface area (Å²) < 4.78 is 0. The van der Waals surface area contributed by atoms with Crippen molar-refractivity contribution in [3.8, 4) is 0 Å². The minimum absolute atomic E-state index is 0.643. The summed E-state index contributed by atoms with van der Waals surface area (Å²) in [7, 11) is 0. The molecule has 1 atom stereocenters. The van der Waals surface area contributed by atoms with Crippen LogP contribution in [0.2, 0.25) is 0 Å². The molecule has 4 heteroatoms. The molecular formula is C15H17N3S. The summed E-state index contributed by atoms with van der Waals surface area (Å²) in [5, 5.41) is 7.49. The molecule has 0 saturated carbocycles. The largest absolute Gasteiger partial charge is 0.334 e. The normalized spacial score (nSPS) is 18.6. The van der Waals surface area contributed by atoms with Crippen LogP contribution in [0.5, 0.6) is 0 Å². The van der Waals surface area contributed by atoms with Crippen LogP contribution in [0.1, 0.15) is 19.8 Å². The molecular weight excluding hydrogens is 254 g/mol. The first-order chi connectivity index (χ1) is 9.36. The fourth-order valence-electron chi connectivity index (χ4n) is 2.31. The van der Waals surface area contributed by atoms with Gasteiger partial charge in [0.25, 0.3) is 0 Å². The van der Waals surface area contributed by atoms with Gasteiger partial charge in [0, 0.05) is 34.1 Å². The van der Waals surface area contributed by atoms with E-state index < -0.39 is 0 Å². The Bertz CT molecular complexity index is 604. The van der Waals surface area contributed by atoms with Gasteiger partial charge in [0.2, 0.25) is 0 Å². The molecule has 1 aliphatic heterocycles. The minimum atomic E-state index is 0.643. The van der Waals surface area contributed by atoms with Crippen LogP contribution in [0.15, 0.2) is 41.7 Å². The third-order valence-electron chi connectivity index (χ3n) is 3.25. The SMILES string of the molecule is CCCC1CN=C(Nc2cccc3cnccc23)S1. The van der Waals surface area contributed by atoms with Gasteiger partial charge in [-0.2, -0.15) is 0 Å². The average molecular weight is 271 g/mol. The molecule has 0 fully saturated rings. The van der Waals surface area contributed by atoms with Crippen LogP contribution >= 0.6 is 11.8 Å². The maximum absolute atomic E-state index is 4.59. The molecule has 3 rings (SSSR count). The maximum Gasteiger partial charge on any atom is 0.161 e. The van der Waals surface area contributed by atoms with E-state index in [1.165, 1.54) is 18.2 Å². The summed E-state index contributed by atoms with van der Waals surface area (Å²) in [5.41, 5.74) is 1.11. The Kier molecular flexibility index (Phi) is 3.69. The first-order valence-electron chi connectivity index (χ1n) is 6.67. The van der Waals surface area contributed by atoms with E-state index in [0.717, 1.165) is 22.8 Å². The van der Waals surface area contributed by atoms with E-state index in [2.05, 4.69) is 40.4 Å². The second-order valence-electron chi connectivity index (χ2n) is 4.70. The number of anilines is 1. The number of amidine groups is 1. The van der Waals surface area contributed by atoms with E-state index in [1.807, 2.05) is 30.2 Å². The summed E-state index contributed by atoms with van der Waals surface area (Å²) in [6.45, 7) is 3.16. The van der Waals surface area contributed by atoms with Crippen molar-refractivity contribution in [3.05, 3.63) is 36.7 Å². The predicted octanol–water partition coefficient (Wildman–Crippen LogP) is 3.92. The van der Waals surface area contributed by atoms with Crippen molar-refractivity contribution in [2.45, 2.75) is 25.0 Å². The van der Waals surface area contributed by atoms with Gasteiger partial charge in [-0.1, -0.05) is 37.2 Å². The molecule has 0 radical (unpaired) electrons. The van der Waals surface area contributed by atoms with Crippen LogP contribution < -0.4 is 5.32 Å². The fourth-order valence-corrected chi connectivity index (χ4v) is 3.44. The zero-order valence-electron chi connectivity index (χ0n) is 11.0. The second kappa shape index (κ2) is 5.61. The highest BCUT2D eigenvalue weighted by Crippen LogP contribution is 2.28. The molecule has 1 aliphatic rings. The third-order valence-corrected chi connectivity index (χ3v) is 4.42. The highest BCUT2D eigenvalue weighted by Gasteiger charge is 2.19. The molecule has 98 valence electrons. The van der Waals surface area contributed by atoms with Crippen molar-refractivity contribution >= 4 is 33.4 Å². The summed E-state index contributed by atoms with van der Waals surface area (Å²) >= 11 is 1.86. The van der Waals surface area contributed by atoms with Crippen LogP contribution in [0.3, 0.4) is 0 Å². The monoisotopic (exact) mass is 271 g/mol. The van der Waals surface area contributed by atoms with Crippen molar-refractivity contribution in [1.82, 2.24) is 4.98 Å². The number of aliphatic imine (C=N–C) groups is 1. The number of rotatable bonds is 3. The third kappa shape index (κ3) is 2.73. The van der Waals surface area contributed by atoms with Gasteiger partial charge >= 0.3 is 0 Å². The summed E-state index contributed by atoms with van der Waals surface area (Å²) in [5.74, 6) is 0. The van der Waals surface area contributed by atoms with Crippen LogP contribution in [-0.2, 0) is 0 Å². The number of aromatic nitrogens is 1. The molecule has 1 aromatic heterocycles. The van der Waals surface area contributed by atoms with Gasteiger partial charge in [-0.05, 0) is 18.6 Å². The molecule has 0 aliphatic carbocycles. The lowest BCUT2D eigenvalue weighted by molar-refractivity contribution is 0.754. The van der Waals surface area contributed by atoms with Crippen molar-refractivity contribution in [2.24, 2.45) is 4.99 Å². The van der Waals surface area contributed by atoms with Crippen molar-refractivity contribution < 1.29 is 0 Å². The topological polar surface area (TPSA) is 37.3 Å². The molecule has 2 aromatic rings. The molecule has 19 heavy (non-hydrogen) atoms. The van der Waals surface area contributed by atoms with E-state index in [1.54, 1.807) is 0 Å². The van der Waals surface area contributed by atoms with Crippen LogP contribution in [0, 0.1) is 0 Å². The molecule has 0 amide bonds. The quantitative estimate of drug-likeness (QED) is 0.919. The number of hydrogen-bond donors (Lipinski definition) is 1. The highest BCUT2D eigenvalue weighted by atomic mass is 32.2. The van der Waals surface area contributed by atoms with E-state index in [-0.39, 0.29) is 0 Å². The Labute approximate surface area is 117 Å². The van der Waals surface area contributed by atoms with Gasteiger partial charge in [0.15, 0.2) is 5.17 Å². The Balaban J connectivity index is 1.79. The average Bonchev–Trinajstić information content (AvgIpc) is 2.87. The molecule has 0 saturated heterocycles. The summed E-state index contributed by atoms with van der Waals surface area (Å²) in [6.07, 6.45) is 6.18. The highest BCUT2D eigenvalue weighted by molar-refractivity contribution is 8.15. The van der Waals surface area contributed by atoms with E-state index in [9.17, 15) is 0 Å². The van der Waals surface area contributed by atoms with E-state index in [0.29, 0.717) is 5.25 Å². The Hall–Kier alpha value is -1.55. The summed E-state index contributed by atoms with van der Waals surface area (Å²) in [6, 6.07) is 8.27. The number of fused-ring (bicyclic) bond motifs is 1. The van der Waals surface area contributed by atoms with Crippen LogP contribution in [0.25, 0.3) is 10.8 Å². The van der Waals surface area contributed by atoms with E-state index >= 15 is 0 Å². The van der Waals surface area contributed by atoms with Crippen molar-refractivity contribution in [2.75, 3.05) is 11.9 Å². The smallest absolute Gasteiger partial charge is 0.161 e. The summed E-state index contributed by atoms with van der Waals surface area (Å²) in [4.78, 5) is 8.75. The van der Waals surface area contributed by atoms with Gasteiger partial charge in [0.05, 0.1) is 6.54 Å². The lowest BCUT2D eigenvalue weighted by atomic mass is 10.1. The van der Waals surface area contributed by atoms with Crippen molar-refractivity contribution in [3.63, 3.8) is 0 Å². The molecule has 0 bridgehead atoms. The van der Waals surface area contributed by atoms with Gasteiger partial charge in [-0.3, -0.25) is 9.98 Å². The number of thioether (sulfide) groups is 1. The molecule has 2 heterocycles. The number of benzene rings is 1. The Morgan fingerprint density at radius 2 is 2.32 bits per heavy atom. The molecule has 1 unspecified atom stereocenters. The lowest BCUT2D eigenvalue weighted by Crippen LogP contribution is -2.07. The number of pyridine rings is 1. The van der Waals surface area contributed by atoms with Crippen LogP contribution in [0.4, 0.5) is 5.69 Å². The second-order valence-corrected chi connectivity index (χ2v) is 5.99. The maximum atomic E-state index is 4.59. The Morgan fingerprint density at radius 3 is 3.21 bits per heavy atom. The number of nitrogens with one attached hydrogen (secondary N) is 1. The zero-order valence-corrected chi connectivity index (χ0v) is 11.8. The van der Waals surface area contributed by atoms with E-state index in [4.69, 9.17) is 0 Å². The number of hydrogen-bond acceptors (Lipinski definition) is 4. The fraction of sp³-hybridized carbons (Fsp3) is 0.333. The van der Waals surface area contributed by atoms with Gasteiger partial charge < -0.3 is 5.32 Å². The van der Waals surface area contributed by atoms with Gasteiger partial charge in [-0.15, -0.1) is 0 Å². The van der Waals surface area contributed by atoms with Crippen molar-refractivity contribution in [1.29, 1.82) is 0 Å².